The summed E-state index contributed by atoms with van der Waals surface area (Å²) < 4.78 is 6.52. The highest BCUT2D eigenvalue weighted by Gasteiger charge is 2.38. The smallest absolute Gasteiger partial charge is 0.188 e. The van der Waals surface area contributed by atoms with E-state index in [9.17, 15) is 0 Å². The summed E-state index contributed by atoms with van der Waals surface area (Å²) in [4.78, 5) is 0. The maximum Gasteiger partial charge on any atom is 0.188 e. The molecule has 0 saturated carbocycles. The summed E-state index contributed by atoms with van der Waals surface area (Å²) in [6.45, 7) is 6.77. The molecule has 0 radical (unpaired) electrons. The molecule has 0 aliphatic carbocycles. The molecule has 3 aromatic rings. The van der Waals surface area contributed by atoms with Crippen LogP contribution >= 0.6 is 8.81 Å². The summed E-state index contributed by atoms with van der Waals surface area (Å²) in [6, 6.07) is 32.3. The average molecular weight is 365 g/mol. The van der Waals surface area contributed by atoms with Gasteiger partial charge in [-0.3, -0.25) is 0 Å². The normalized spacial score (nSPS) is 12.6. The van der Waals surface area contributed by atoms with Crippen LogP contribution in [0.2, 0.25) is 19.6 Å². The summed E-state index contributed by atoms with van der Waals surface area (Å²) in [6.07, 6.45) is 0. The Labute approximate surface area is 154 Å². The Balaban J connectivity index is 2.24. The van der Waals surface area contributed by atoms with Crippen LogP contribution in [0, 0.1) is 0 Å². The molecule has 0 aliphatic heterocycles. The van der Waals surface area contributed by atoms with Gasteiger partial charge in [0.2, 0.25) is 0 Å². The molecule has 1 unspecified atom stereocenters. The maximum absolute atomic E-state index is 6.52. The molecule has 0 N–H and O–H groups in total. The molecule has 0 amide bonds. The number of hydrogen-bond acceptors (Lipinski definition) is 1. The lowest BCUT2D eigenvalue weighted by molar-refractivity contribution is 0.611. The Bertz CT molecular complexity index is 686. The summed E-state index contributed by atoms with van der Waals surface area (Å²) >= 11 is 0. The minimum absolute atomic E-state index is 0.274. The van der Waals surface area contributed by atoms with Crippen LogP contribution < -0.4 is 0 Å². The Morgan fingerprint density at radius 2 is 0.920 bits per heavy atom. The number of rotatable bonds is 6. The van der Waals surface area contributed by atoms with Crippen LogP contribution in [0.5, 0.6) is 0 Å². The SMILES string of the molecule is C[Si](C)(C)OPC(c1ccccc1)(c1ccccc1)c1ccccc1. The molecule has 0 aromatic heterocycles. The van der Waals surface area contributed by atoms with Crippen molar-refractivity contribution in [1.82, 2.24) is 0 Å². The first kappa shape index (κ1) is 18.1. The molecule has 3 aromatic carbocycles. The molecule has 0 fully saturated rings. The van der Waals surface area contributed by atoms with Crippen molar-refractivity contribution in [2.45, 2.75) is 24.8 Å². The lowest BCUT2D eigenvalue weighted by atomic mass is 9.84. The summed E-state index contributed by atoms with van der Waals surface area (Å²) in [5, 5.41) is -0.274. The number of hydrogen-bond donors (Lipinski definition) is 0. The molecule has 0 bridgehead atoms. The second-order valence-corrected chi connectivity index (χ2v) is 13.2. The Morgan fingerprint density at radius 1 is 0.600 bits per heavy atom. The zero-order valence-corrected chi connectivity index (χ0v) is 17.1. The van der Waals surface area contributed by atoms with Crippen LogP contribution in [-0.4, -0.2) is 8.32 Å². The van der Waals surface area contributed by atoms with Gasteiger partial charge in [-0.25, -0.2) is 0 Å². The van der Waals surface area contributed by atoms with E-state index in [2.05, 4.69) is 111 Å². The average Bonchev–Trinajstić information content (AvgIpc) is 2.64. The minimum atomic E-state index is -1.65. The molecule has 25 heavy (non-hydrogen) atoms. The molecular weight excluding hydrogens is 339 g/mol. The van der Waals surface area contributed by atoms with Crippen LogP contribution in [0.25, 0.3) is 0 Å². The fourth-order valence-electron chi connectivity index (χ4n) is 2.97. The van der Waals surface area contributed by atoms with Gasteiger partial charge in [-0.1, -0.05) is 91.0 Å². The van der Waals surface area contributed by atoms with Gasteiger partial charge in [-0.15, -0.1) is 0 Å². The van der Waals surface area contributed by atoms with Crippen molar-refractivity contribution in [1.29, 1.82) is 0 Å². The van der Waals surface area contributed by atoms with Gasteiger partial charge < -0.3 is 4.21 Å². The third-order valence-corrected chi connectivity index (χ3v) is 8.16. The second kappa shape index (κ2) is 7.66. The van der Waals surface area contributed by atoms with E-state index in [0.717, 1.165) is 0 Å². The zero-order chi connectivity index (χ0) is 17.8. The van der Waals surface area contributed by atoms with E-state index in [1.54, 1.807) is 0 Å². The Hall–Kier alpha value is -1.73. The topological polar surface area (TPSA) is 9.23 Å². The molecule has 3 rings (SSSR count). The first-order chi connectivity index (χ1) is 12.0. The highest BCUT2D eigenvalue weighted by Crippen LogP contribution is 2.53. The maximum atomic E-state index is 6.52. The third-order valence-electron chi connectivity index (χ3n) is 4.13. The van der Waals surface area contributed by atoms with Crippen molar-refractivity contribution in [3.63, 3.8) is 0 Å². The predicted molar refractivity (Wildman–Crippen MR) is 112 cm³/mol. The predicted octanol–water partition coefficient (Wildman–Crippen LogP) is 6.42. The Morgan fingerprint density at radius 3 is 1.20 bits per heavy atom. The lowest BCUT2D eigenvalue weighted by Gasteiger charge is -2.37. The van der Waals surface area contributed by atoms with Crippen molar-refractivity contribution in [3.8, 4) is 0 Å². The minimum Gasteiger partial charge on any atom is -0.397 e. The quantitative estimate of drug-likeness (QED) is 0.278. The largest absolute Gasteiger partial charge is 0.397 e. The summed E-state index contributed by atoms with van der Waals surface area (Å²) in [7, 11) is -1.31. The fraction of sp³-hybridized carbons (Fsp3) is 0.182. The van der Waals surface area contributed by atoms with Gasteiger partial charge in [0.05, 0.1) is 5.16 Å². The van der Waals surface area contributed by atoms with Crippen LogP contribution in [-0.2, 0) is 9.37 Å². The van der Waals surface area contributed by atoms with Gasteiger partial charge in [0, 0.05) is 8.81 Å². The van der Waals surface area contributed by atoms with Crippen LogP contribution in [0.1, 0.15) is 16.7 Å². The van der Waals surface area contributed by atoms with E-state index >= 15 is 0 Å². The molecule has 3 heteroatoms. The van der Waals surface area contributed by atoms with Gasteiger partial charge in [-0.05, 0) is 36.3 Å². The number of benzene rings is 3. The van der Waals surface area contributed by atoms with E-state index in [1.807, 2.05) is 0 Å². The first-order valence-corrected chi connectivity index (χ1v) is 13.0. The molecular formula is C22H25OPSi. The van der Waals surface area contributed by atoms with Gasteiger partial charge in [0.15, 0.2) is 8.32 Å². The summed E-state index contributed by atoms with van der Waals surface area (Å²) in [5.74, 6) is 0. The van der Waals surface area contributed by atoms with Crippen molar-refractivity contribution < 1.29 is 4.21 Å². The lowest BCUT2D eigenvalue weighted by Crippen LogP contribution is -2.29. The van der Waals surface area contributed by atoms with E-state index in [0.29, 0.717) is 8.81 Å². The van der Waals surface area contributed by atoms with E-state index in [4.69, 9.17) is 4.21 Å². The molecule has 1 atom stereocenters. The fourth-order valence-corrected chi connectivity index (χ4v) is 5.66. The second-order valence-electron chi connectivity index (χ2n) is 7.16. The standard InChI is InChI=1S/C22H25OPSi/c1-25(2,3)23-24-22(19-13-7-4-8-14-19,20-15-9-5-10-16-20)21-17-11-6-12-18-21/h4-18,24H,1-3H3. The van der Waals surface area contributed by atoms with Crippen LogP contribution in [0.3, 0.4) is 0 Å². The van der Waals surface area contributed by atoms with Crippen LogP contribution in [0.4, 0.5) is 0 Å². The Kier molecular flexibility index (Phi) is 5.53. The van der Waals surface area contributed by atoms with E-state index < -0.39 is 8.32 Å². The summed E-state index contributed by atoms with van der Waals surface area (Å²) in [5.41, 5.74) is 3.84. The van der Waals surface area contributed by atoms with Gasteiger partial charge in [0.25, 0.3) is 0 Å². The van der Waals surface area contributed by atoms with E-state index in [-0.39, 0.29) is 5.16 Å². The van der Waals surface area contributed by atoms with Crippen LogP contribution in [0.15, 0.2) is 91.0 Å². The van der Waals surface area contributed by atoms with Gasteiger partial charge >= 0.3 is 0 Å². The van der Waals surface area contributed by atoms with E-state index in [1.165, 1.54) is 16.7 Å². The third kappa shape index (κ3) is 4.09. The molecule has 0 heterocycles. The highest BCUT2D eigenvalue weighted by atomic mass is 31.1. The van der Waals surface area contributed by atoms with Crippen molar-refractivity contribution in [2.75, 3.05) is 0 Å². The highest BCUT2D eigenvalue weighted by molar-refractivity contribution is 7.37. The van der Waals surface area contributed by atoms with Crippen molar-refractivity contribution in [3.05, 3.63) is 108 Å². The van der Waals surface area contributed by atoms with Gasteiger partial charge in [-0.2, -0.15) is 0 Å². The van der Waals surface area contributed by atoms with Crippen molar-refractivity contribution >= 4 is 17.1 Å². The van der Waals surface area contributed by atoms with Gasteiger partial charge in [0.1, 0.15) is 0 Å². The molecule has 128 valence electrons. The molecule has 0 aliphatic rings. The molecule has 0 spiro atoms. The zero-order valence-electron chi connectivity index (χ0n) is 15.1. The molecule has 1 nitrogen and oxygen atoms in total. The van der Waals surface area contributed by atoms with Crippen molar-refractivity contribution in [2.24, 2.45) is 0 Å². The molecule has 0 saturated heterocycles. The monoisotopic (exact) mass is 364 g/mol. The first-order valence-electron chi connectivity index (χ1n) is 8.64.